The van der Waals surface area contributed by atoms with Crippen LogP contribution in [0.15, 0.2) is 0 Å². The van der Waals surface area contributed by atoms with Gasteiger partial charge in [-0.1, -0.05) is 0 Å². The van der Waals surface area contributed by atoms with E-state index in [1.165, 1.54) is 4.68 Å². The molecule has 0 N–H and O–H groups in total. The van der Waals surface area contributed by atoms with Gasteiger partial charge in [0.1, 0.15) is 12.2 Å². The second kappa shape index (κ2) is 4.03. The third kappa shape index (κ3) is 1.71. The highest BCUT2D eigenvalue weighted by molar-refractivity contribution is 5.69. The zero-order valence-electron chi connectivity index (χ0n) is 10.0. The number of hydrogen-bond acceptors (Lipinski definition) is 3. The fraction of sp³-hybridized carbons (Fsp3) is 0.667. The Balaban J connectivity index is 1.89. The number of carbonyl (C=O) groups excluding carboxylic acids is 1. The van der Waals surface area contributed by atoms with Crippen molar-refractivity contribution in [1.82, 2.24) is 9.78 Å². The predicted octanol–water partition coefficient (Wildman–Crippen LogP) is 2.04. The number of esters is 1. The highest BCUT2D eigenvalue weighted by atomic mass is 19.3. The van der Waals surface area contributed by atoms with Gasteiger partial charge in [-0.05, 0) is 31.6 Å². The van der Waals surface area contributed by atoms with Gasteiger partial charge in [-0.25, -0.2) is 8.78 Å². The second-order valence-electron chi connectivity index (χ2n) is 4.82. The quantitative estimate of drug-likeness (QED) is 0.774. The molecular weight excluding hydrogens is 242 g/mol. The Morgan fingerprint density at radius 2 is 2.39 bits per heavy atom. The molecule has 98 valence electrons. The van der Waals surface area contributed by atoms with E-state index in [4.69, 9.17) is 4.74 Å². The maximum absolute atomic E-state index is 12.9. The lowest BCUT2D eigenvalue weighted by Crippen LogP contribution is -2.16. The molecule has 2 aliphatic rings. The Kier molecular flexibility index (Phi) is 2.60. The molecule has 0 aliphatic heterocycles. The molecule has 2 unspecified atom stereocenters. The van der Waals surface area contributed by atoms with Crippen LogP contribution in [0.3, 0.4) is 0 Å². The molecule has 2 aliphatic carbocycles. The Labute approximate surface area is 103 Å². The number of ether oxygens (including phenoxy) is 1. The predicted molar refractivity (Wildman–Crippen MR) is 58.4 cm³/mol. The van der Waals surface area contributed by atoms with E-state index in [1.54, 1.807) is 6.92 Å². The molecule has 6 heteroatoms. The SMILES string of the molecule is CCOC(=O)Cn1nc(C(F)F)c2c1CC1CC21. The summed E-state index contributed by atoms with van der Waals surface area (Å²) in [5, 5.41) is 3.90. The number of alkyl halides is 2. The first-order valence-electron chi connectivity index (χ1n) is 6.15. The van der Waals surface area contributed by atoms with Crippen LogP contribution in [-0.4, -0.2) is 22.4 Å². The van der Waals surface area contributed by atoms with Gasteiger partial charge in [0, 0.05) is 11.3 Å². The van der Waals surface area contributed by atoms with E-state index in [-0.39, 0.29) is 24.8 Å². The molecule has 3 rings (SSSR count). The first kappa shape index (κ1) is 11.6. The van der Waals surface area contributed by atoms with Gasteiger partial charge in [-0.3, -0.25) is 9.48 Å². The van der Waals surface area contributed by atoms with Crippen molar-refractivity contribution in [2.75, 3.05) is 6.61 Å². The highest BCUT2D eigenvalue weighted by Gasteiger charge is 2.50. The maximum atomic E-state index is 12.9. The summed E-state index contributed by atoms with van der Waals surface area (Å²) < 4.78 is 32.1. The van der Waals surface area contributed by atoms with Crippen LogP contribution in [0.25, 0.3) is 0 Å². The first-order valence-corrected chi connectivity index (χ1v) is 6.15. The minimum Gasteiger partial charge on any atom is -0.465 e. The van der Waals surface area contributed by atoms with Crippen molar-refractivity contribution < 1.29 is 18.3 Å². The van der Waals surface area contributed by atoms with Crippen LogP contribution in [0.2, 0.25) is 0 Å². The highest BCUT2D eigenvalue weighted by Crippen LogP contribution is 2.58. The van der Waals surface area contributed by atoms with Crippen LogP contribution in [0.5, 0.6) is 0 Å². The Morgan fingerprint density at radius 3 is 3.06 bits per heavy atom. The largest absolute Gasteiger partial charge is 0.465 e. The lowest BCUT2D eigenvalue weighted by molar-refractivity contribution is -0.144. The maximum Gasteiger partial charge on any atom is 0.327 e. The summed E-state index contributed by atoms with van der Waals surface area (Å²) in [6.07, 6.45) is -0.821. The normalized spacial score (nSPS) is 24.0. The average molecular weight is 256 g/mol. The fourth-order valence-electron chi connectivity index (χ4n) is 2.85. The molecule has 0 spiro atoms. The van der Waals surface area contributed by atoms with Gasteiger partial charge in [0.2, 0.25) is 0 Å². The van der Waals surface area contributed by atoms with Crippen LogP contribution in [0.4, 0.5) is 8.78 Å². The van der Waals surface area contributed by atoms with Crippen molar-refractivity contribution in [2.24, 2.45) is 5.92 Å². The van der Waals surface area contributed by atoms with E-state index >= 15 is 0 Å². The summed E-state index contributed by atoms with van der Waals surface area (Å²) >= 11 is 0. The van der Waals surface area contributed by atoms with Crippen molar-refractivity contribution >= 4 is 5.97 Å². The van der Waals surface area contributed by atoms with E-state index < -0.39 is 12.4 Å². The summed E-state index contributed by atoms with van der Waals surface area (Å²) in [5.74, 6) is 0.313. The zero-order chi connectivity index (χ0) is 12.9. The molecule has 0 radical (unpaired) electrons. The number of carbonyl (C=O) groups is 1. The number of nitrogens with zero attached hydrogens (tertiary/aromatic N) is 2. The molecule has 1 fully saturated rings. The van der Waals surface area contributed by atoms with E-state index in [2.05, 4.69) is 5.10 Å². The smallest absolute Gasteiger partial charge is 0.327 e. The van der Waals surface area contributed by atoms with Crippen molar-refractivity contribution in [3.8, 4) is 0 Å². The molecular formula is C12H14F2N2O2. The van der Waals surface area contributed by atoms with Crippen LogP contribution >= 0.6 is 0 Å². The van der Waals surface area contributed by atoms with Crippen molar-refractivity contribution in [3.63, 3.8) is 0 Å². The standard InChI is InChI=1S/C12H14F2N2O2/c1-2-18-9(17)5-16-8-4-6-3-7(6)10(8)11(15-16)12(13)14/h6-7,12H,2-5H2,1H3. The molecule has 2 atom stereocenters. The summed E-state index contributed by atoms with van der Waals surface area (Å²) in [6, 6.07) is 0. The van der Waals surface area contributed by atoms with Gasteiger partial charge < -0.3 is 4.74 Å². The van der Waals surface area contributed by atoms with Crippen molar-refractivity contribution in [3.05, 3.63) is 17.0 Å². The molecule has 1 heterocycles. The Hall–Kier alpha value is -1.46. The summed E-state index contributed by atoms with van der Waals surface area (Å²) in [4.78, 5) is 11.4. The zero-order valence-corrected chi connectivity index (χ0v) is 10.0. The molecule has 18 heavy (non-hydrogen) atoms. The molecule has 1 aromatic heterocycles. The van der Waals surface area contributed by atoms with Gasteiger partial charge in [0.15, 0.2) is 0 Å². The number of hydrogen-bond donors (Lipinski definition) is 0. The number of rotatable bonds is 4. The van der Waals surface area contributed by atoms with E-state index in [9.17, 15) is 13.6 Å². The van der Waals surface area contributed by atoms with Crippen LogP contribution in [0, 0.1) is 5.92 Å². The summed E-state index contributed by atoms with van der Waals surface area (Å²) in [7, 11) is 0. The number of halogens is 2. The molecule has 4 nitrogen and oxygen atoms in total. The van der Waals surface area contributed by atoms with E-state index in [0.717, 1.165) is 18.5 Å². The molecule has 0 bridgehead atoms. The fourth-order valence-corrected chi connectivity index (χ4v) is 2.85. The van der Waals surface area contributed by atoms with Gasteiger partial charge >= 0.3 is 5.97 Å². The minimum atomic E-state index is -2.57. The summed E-state index contributed by atoms with van der Waals surface area (Å²) in [6.45, 7) is 1.93. The van der Waals surface area contributed by atoms with Gasteiger partial charge in [0.05, 0.1) is 6.61 Å². The topological polar surface area (TPSA) is 44.1 Å². The van der Waals surface area contributed by atoms with Gasteiger partial charge in [-0.2, -0.15) is 5.10 Å². The van der Waals surface area contributed by atoms with Crippen LogP contribution in [0.1, 0.15) is 42.6 Å². The third-order valence-corrected chi connectivity index (χ3v) is 3.67. The number of fused-ring (bicyclic) bond motifs is 3. The average Bonchev–Trinajstić information content (AvgIpc) is 2.82. The molecule has 0 saturated heterocycles. The Bertz CT molecular complexity index is 499. The molecule has 1 aromatic rings. The van der Waals surface area contributed by atoms with Crippen molar-refractivity contribution in [1.29, 1.82) is 0 Å². The second-order valence-corrected chi connectivity index (χ2v) is 4.82. The van der Waals surface area contributed by atoms with Gasteiger partial charge in [-0.15, -0.1) is 0 Å². The monoisotopic (exact) mass is 256 g/mol. The first-order chi connectivity index (χ1) is 8.61. The van der Waals surface area contributed by atoms with Crippen molar-refractivity contribution in [2.45, 2.75) is 38.7 Å². The summed E-state index contributed by atoms with van der Waals surface area (Å²) in [5.41, 5.74) is 1.36. The minimum absolute atomic E-state index is 0.0671. The molecule has 1 saturated carbocycles. The van der Waals surface area contributed by atoms with E-state index in [0.29, 0.717) is 11.5 Å². The molecule has 0 amide bonds. The van der Waals surface area contributed by atoms with Gasteiger partial charge in [0.25, 0.3) is 6.43 Å². The van der Waals surface area contributed by atoms with Crippen LogP contribution in [-0.2, 0) is 22.5 Å². The Morgan fingerprint density at radius 1 is 1.61 bits per heavy atom. The van der Waals surface area contributed by atoms with E-state index in [1.807, 2.05) is 0 Å². The molecule has 0 aromatic carbocycles. The van der Waals surface area contributed by atoms with Crippen LogP contribution < -0.4 is 0 Å². The number of aromatic nitrogens is 2. The third-order valence-electron chi connectivity index (χ3n) is 3.67. The lowest BCUT2D eigenvalue weighted by atomic mass is 10.1. The lowest BCUT2D eigenvalue weighted by Gasteiger charge is -2.05.